The highest BCUT2D eigenvalue weighted by molar-refractivity contribution is 6.31. The molecule has 0 unspecified atom stereocenters. The van der Waals surface area contributed by atoms with E-state index in [1.165, 1.54) is 31.2 Å². The molecule has 1 heterocycles. The lowest BCUT2D eigenvalue weighted by Gasteiger charge is -2.09. The summed E-state index contributed by atoms with van der Waals surface area (Å²) in [4.78, 5) is 9.94. The summed E-state index contributed by atoms with van der Waals surface area (Å²) in [6.07, 6.45) is -3.39. The Hall–Kier alpha value is -2.28. The molecular weight excluding hydrogens is 323 g/mol. The quantitative estimate of drug-likeness (QED) is 0.569. The lowest BCUT2D eigenvalue weighted by molar-refractivity contribution is -0.422. The summed E-state index contributed by atoms with van der Waals surface area (Å²) in [7, 11) is 0. The summed E-state index contributed by atoms with van der Waals surface area (Å²) >= 11 is 5.54. The second-order valence-corrected chi connectivity index (χ2v) is 4.84. The molecule has 0 spiro atoms. The summed E-state index contributed by atoms with van der Waals surface area (Å²) in [6.45, 7) is 1.28. The van der Waals surface area contributed by atoms with Crippen LogP contribution in [0.25, 0.3) is 17.4 Å². The zero-order valence-electron chi connectivity index (χ0n) is 11.1. The maximum Gasteiger partial charge on any atom is 0.417 e. The third kappa shape index (κ3) is 3.48. The number of rotatable bonds is 3. The third-order valence-corrected chi connectivity index (χ3v) is 3.15. The Bertz CT molecular complexity index is 750. The summed E-state index contributed by atoms with van der Waals surface area (Å²) in [5, 5.41) is 10.1. The van der Waals surface area contributed by atoms with Gasteiger partial charge in [0.2, 0.25) is 5.70 Å². The number of benzene rings is 1. The lowest BCUT2D eigenvalue weighted by Crippen LogP contribution is -2.05. The number of allylic oxidation sites excluding steroid dienone is 1. The van der Waals surface area contributed by atoms with E-state index in [1.54, 1.807) is 0 Å². The molecule has 0 bridgehead atoms. The van der Waals surface area contributed by atoms with Gasteiger partial charge in [0, 0.05) is 12.5 Å². The summed E-state index contributed by atoms with van der Waals surface area (Å²) in [6, 6.07) is 6.24. The summed E-state index contributed by atoms with van der Waals surface area (Å²) < 4.78 is 43.7. The molecule has 116 valence electrons. The van der Waals surface area contributed by atoms with Crippen molar-refractivity contribution in [2.75, 3.05) is 0 Å². The van der Waals surface area contributed by atoms with Crippen LogP contribution in [0.3, 0.4) is 0 Å². The van der Waals surface area contributed by atoms with Crippen molar-refractivity contribution in [3.63, 3.8) is 0 Å². The molecule has 22 heavy (non-hydrogen) atoms. The normalized spacial score (nSPS) is 12.5. The smallest absolute Gasteiger partial charge is 0.417 e. The second kappa shape index (κ2) is 5.84. The van der Waals surface area contributed by atoms with E-state index in [0.717, 1.165) is 12.1 Å². The van der Waals surface area contributed by atoms with E-state index in [-0.39, 0.29) is 22.8 Å². The van der Waals surface area contributed by atoms with Crippen LogP contribution in [0, 0.1) is 10.1 Å². The minimum atomic E-state index is -4.58. The topological polar surface area (TPSA) is 56.3 Å². The Kier molecular flexibility index (Phi) is 4.27. The van der Waals surface area contributed by atoms with Crippen molar-refractivity contribution < 1.29 is 22.5 Å². The summed E-state index contributed by atoms with van der Waals surface area (Å²) in [5.41, 5.74) is -0.940. The van der Waals surface area contributed by atoms with Crippen LogP contribution in [-0.4, -0.2) is 4.92 Å². The molecule has 0 aliphatic heterocycles. The first-order valence-corrected chi connectivity index (χ1v) is 6.36. The zero-order chi connectivity index (χ0) is 16.5. The van der Waals surface area contributed by atoms with Crippen molar-refractivity contribution in [2.45, 2.75) is 13.1 Å². The van der Waals surface area contributed by atoms with E-state index in [4.69, 9.17) is 16.0 Å². The number of furan rings is 1. The minimum Gasteiger partial charge on any atom is -0.456 e. The first-order chi connectivity index (χ1) is 10.2. The van der Waals surface area contributed by atoms with Gasteiger partial charge in [-0.2, -0.15) is 13.2 Å². The number of halogens is 4. The van der Waals surface area contributed by atoms with Crippen LogP contribution in [-0.2, 0) is 6.18 Å². The van der Waals surface area contributed by atoms with Crippen LogP contribution < -0.4 is 0 Å². The second-order valence-electron chi connectivity index (χ2n) is 4.44. The fraction of sp³-hybridized carbons (Fsp3) is 0.143. The van der Waals surface area contributed by atoms with Gasteiger partial charge < -0.3 is 4.42 Å². The zero-order valence-corrected chi connectivity index (χ0v) is 11.9. The molecule has 0 saturated carbocycles. The first-order valence-electron chi connectivity index (χ1n) is 5.98. The van der Waals surface area contributed by atoms with E-state index in [0.29, 0.717) is 0 Å². The van der Waals surface area contributed by atoms with Crippen LogP contribution in [0.15, 0.2) is 40.4 Å². The lowest BCUT2D eigenvalue weighted by atomic mass is 10.1. The third-order valence-electron chi connectivity index (χ3n) is 2.82. The highest BCUT2D eigenvalue weighted by atomic mass is 35.5. The van der Waals surface area contributed by atoms with Crippen molar-refractivity contribution in [1.82, 2.24) is 0 Å². The predicted molar refractivity (Wildman–Crippen MR) is 74.8 cm³/mol. The molecule has 1 aromatic carbocycles. The standard InChI is InChI=1S/C14H9ClF3NO3/c1-8(19(20)21)6-10-3-5-13(22-10)9-2-4-12(15)11(7-9)14(16,17)18/h2-7H,1H3. The van der Waals surface area contributed by atoms with Gasteiger partial charge >= 0.3 is 6.18 Å². The Balaban J connectivity index is 2.40. The first kappa shape index (κ1) is 16.1. The van der Waals surface area contributed by atoms with E-state index < -0.39 is 21.7 Å². The SMILES string of the molecule is CC(=Cc1ccc(-c2ccc(Cl)c(C(F)(F)F)c2)o1)[N+](=O)[O-]. The Morgan fingerprint density at radius 3 is 2.59 bits per heavy atom. The molecule has 0 aliphatic rings. The van der Waals surface area contributed by atoms with E-state index >= 15 is 0 Å². The number of alkyl halides is 3. The van der Waals surface area contributed by atoms with Crippen LogP contribution in [0.2, 0.25) is 5.02 Å². The predicted octanol–water partition coefficient (Wildman–Crippen LogP) is 5.26. The van der Waals surface area contributed by atoms with Gasteiger partial charge in [0.05, 0.1) is 21.6 Å². The van der Waals surface area contributed by atoms with Crippen molar-refractivity contribution in [2.24, 2.45) is 0 Å². The van der Waals surface area contributed by atoms with Crippen LogP contribution >= 0.6 is 11.6 Å². The van der Waals surface area contributed by atoms with Gasteiger partial charge in [0.1, 0.15) is 11.5 Å². The number of nitrogens with zero attached hydrogens (tertiary/aromatic N) is 1. The molecule has 0 radical (unpaired) electrons. The number of nitro groups is 1. The van der Waals surface area contributed by atoms with E-state index in [9.17, 15) is 23.3 Å². The van der Waals surface area contributed by atoms with E-state index in [1.807, 2.05) is 0 Å². The molecule has 0 fully saturated rings. The highest BCUT2D eigenvalue weighted by Crippen LogP contribution is 2.37. The molecule has 0 N–H and O–H groups in total. The van der Waals surface area contributed by atoms with Gasteiger partial charge in [0.15, 0.2) is 0 Å². The maximum atomic E-state index is 12.8. The molecule has 0 aliphatic carbocycles. The molecule has 2 rings (SSSR count). The Morgan fingerprint density at radius 2 is 2.00 bits per heavy atom. The van der Waals surface area contributed by atoms with Crippen molar-refractivity contribution in [3.8, 4) is 11.3 Å². The van der Waals surface area contributed by atoms with Gasteiger partial charge in [-0.3, -0.25) is 10.1 Å². The molecule has 4 nitrogen and oxygen atoms in total. The van der Waals surface area contributed by atoms with Gasteiger partial charge in [-0.25, -0.2) is 0 Å². The molecule has 0 atom stereocenters. The molecular formula is C14H9ClF3NO3. The Morgan fingerprint density at radius 1 is 1.32 bits per heavy atom. The van der Waals surface area contributed by atoms with Gasteiger partial charge in [-0.15, -0.1) is 0 Å². The fourth-order valence-corrected chi connectivity index (χ4v) is 1.96. The molecule has 0 amide bonds. The van der Waals surface area contributed by atoms with Crippen LogP contribution in [0.1, 0.15) is 18.2 Å². The highest BCUT2D eigenvalue weighted by Gasteiger charge is 2.33. The molecule has 1 aromatic heterocycles. The summed E-state index contributed by atoms with van der Waals surface area (Å²) in [5.74, 6) is 0.331. The van der Waals surface area contributed by atoms with Crippen LogP contribution in [0.5, 0.6) is 0 Å². The molecule has 0 saturated heterocycles. The molecule has 2 aromatic rings. The van der Waals surface area contributed by atoms with Crippen LogP contribution in [0.4, 0.5) is 13.2 Å². The number of hydrogen-bond donors (Lipinski definition) is 0. The van der Waals surface area contributed by atoms with Gasteiger partial charge in [-0.05, 0) is 30.3 Å². The van der Waals surface area contributed by atoms with Crippen molar-refractivity contribution in [1.29, 1.82) is 0 Å². The average molecular weight is 332 g/mol. The molecule has 8 heteroatoms. The monoisotopic (exact) mass is 331 g/mol. The largest absolute Gasteiger partial charge is 0.456 e. The van der Waals surface area contributed by atoms with Crippen molar-refractivity contribution in [3.05, 3.63) is 62.5 Å². The number of hydrogen-bond acceptors (Lipinski definition) is 3. The van der Waals surface area contributed by atoms with E-state index in [2.05, 4.69) is 0 Å². The van der Waals surface area contributed by atoms with Gasteiger partial charge in [-0.1, -0.05) is 11.6 Å². The fourth-order valence-electron chi connectivity index (χ4n) is 1.74. The Labute approximate surface area is 128 Å². The van der Waals surface area contributed by atoms with Gasteiger partial charge in [0.25, 0.3) is 0 Å². The maximum absolute atomic E-state index is 12.8. The van der Waals surface area contributed by atoms with Crippen molar-refractivity contribution >= 4 is 17.7 Å². The minimum absolute atomic E-state index is 0.145. The average Bonchev–Trinajstić information content (AvgIpc) is 2.86.